The lowest BCUT2D eigenvalue weighted by molar-refractivity contribution is 0.724. The molecule has 0 atom stereocenters. The molecule has 0 amide bonds. The monoisotopic (exact) mass is 209 g/mol. The van der Waals surface area contributed by atoms with Crippen molar-refractivity contribution in [2.45, 2.75) is 13.5 Å². The number of anilines is 1. The summed E-state index contributed by atoms with van der Waals surface area (Å²) in [5.74, 6) is 0. The number of hydrogen-bond donors (Lipinski definition) is 1. The van der Waals surface area contributed by atoms with Crippen LogP contribution in [-0.4, -0.2) is 26.3 Å². The molecule has 0 aromatic carbocycles. The van der Waals surface area contributed by atoms with Crippen molar-refractivity contribution in [3.05, 3.63) is 23.7 Å². The van der Waals surface area contributed by atoms with Crippen LogP contribution in [0.4, 0.5) is 5.13 Å². The molecule has 2 rings (SSSR count). The number of rotatable bonds is 4. The Hall–Kier alpha value is -1.43. The first-order chi connectivity index (χ1) is 6.84. The molecule has 0 spiro atoms. The van der Waals surface area contributed by atoms with Gasteiger partial charge in [0.15, 0.2) is 5.13 Å². The predicted octanol–water partition coefficient (Wildman–Crippen LogP) is 1.16. The zero-order chi connectivity index (χ0) is 9.80. The zero-order valence-corrected chi connectivity index (χ0v) is 8.66. The Kier molecular flexibility index (Phi) is 2.73. The molecular weight excluding hydrogens is 198 g/mol. The third-order valence-electron chi connectivity index (χ3n) is 1.73. The molecule has 74 valence electrons. The molecule has 0 aliphatic carbocycles. The van der Waals surface area contributed by atoms with Crippen LogP contribution < -0.4 is 5.32 Å². The molecule has 0 saturated heterocycles. The van der Waals surface area contributed by atoms with E-state index in [0.717, 1.165) is 23.9 Å². The number of nitrogens with one attached hydrogen (secondary N) is 1. The average molecular weight is 209 g/mol. The normalized spacial score (nSPS) is 10.4. The van der Waals surface area contributed by atoms with Crippen LogP contribution in [0, 0.1) is 6.92 Å². The number of nitrogens with zero attached hydrogens (tertiary/aromatic N) is 4. The Morgan fingerprint density at radius 1 is 1.43 bits per heavy atom. The largest absolute Gasteiger partial charge is 0.360 e. The van der Waals surface area contributed by atoms with Gasteiger partial charge in [-0.15, -0.1) is 21.5 Å². The van der Waals surface area contributed by atoms with E-state index in [9.17, 15) is 0 Å². The minimum absolute atomic E-state index is 0.838. The van der Waals surface area contributed by atoms with E-state index in [1.807, 2.05) is 16.9 Å². The van der Waals surface area contributed by atoms with Gasteiger partial charge >= 0.3 is 0 Å². The molecule has 0 radical (unpaired) electrons. The minimum Gasteiger partial charge on any atom is -0.360 e. The summed E-state index contributed by atoms with van der Waals surface area (Å²) in [6.07, 6.45) is 3.41. The molecule has 5 nitrogen and oxygen atoms in total. The fourth-order valence-electron chi connectivity index (χ4n) is 1.06. The first kappa shape index (κ1) is 9.14. The van der Waals surface area contributed by atoms with Gasteiger partial charge in [0, 0.05) is 18.5 Å². The molecule has 0 aliphatic heterocycles. The van der Waals surface area contributed by atoms with Gasteiger partial charge in [0.2, 0.25) is 0 Å². The fraction of sp³-hybridized carbons (Fsp3) is 0.375. The van der Waals surface area contributed by atoms with Gasteiger partial charge in [0.1, 0.15) is 12.7 Å². The predicted molar refractivity (Wildman–Crippen MR) is 55.4 cm³/mol. The van der Waals surface area contributed by atoms with E-state index < -0.39 is 0 Å². The van der Waals surface area contributed by atoms with Crippen LogP contribution in [0.5, 0.6) is 0 Å². The second-order valence-electron chi connectivity index (χ2n) is 2.92. The van der Waals surface area contributed by atoms with Crippen LogP contribution >= 0.6 is 11.3 Å². The van der Waals surface area contributed by atoms with Crippen LogP contribution in [0.15, 0.2) is 18.0 Å². The highest BCUT2D eigenvalue weighted by Gasteiger charge is 1.96. The van der Waals surface area contributed by atoms with Gasteiger partial charge in [0.25, 0.3) is 0 Å². The topological polar surface area (TPSA) is 55.6 Å². The van der Waals surface area contributed by atoms with Crippen LogP contribution in [-0.2, 0) is 6.54 Å². The third kappa shape index (κ3) is 2.29. The molecular formula is C8H11N5S. The first-order valence-electron chi connectivity index (χ1n) is 4.33. The lowest BCUT2D eigenvalue weighted by Gasteiger charge is -2.01. The maximum Gasteiger partial charge on any atom is 0.182 e. The van der Waals surface area contributed by atoms with Gasteiger partial charge in [-0.05, 0) is 6.92 Å². The smallest absolute Gasteiger partial charge is 0.182 e. The molecule has 2 aromatic heterocycles. The minimum atomic E-state index is 0.838. The maximum absolute atomic E-state index is 4.30. The quantitative estimate of drug-likeness (QED) is 0.820. The summed E-state index contributed by atoms with van der Waals surface area (Å²) in [4.78, 5) is 4.30. The summed E-state index contributed by atoms with van der Waals surface area (Å²) in [5, 5.41) is 13.7. The standard InChI is InChI=1S/C8H11N5S/c1-7-4-14-8(12-7)9-2-3-13-5-10-11-6-13/h4-6H,2-3H2,1H3,(H,9,12). The van der Waals surface area contributed by atoms with Crippen molar-refractivity contribution < 1.29 is 0 Å². The average Bonchev–Trinajstić information content (AvgIpc) is 2.77. The molecule has 6 heteroatoms. The van der Waals surface area contributed by atoms with E-state index in [4.69, 9.17) is 0 Å². The second kappa shape index (κ2) is 4.19. The number of thiazole rings is 1. The lowest BCUT2D eigenvalue weighted by Crippen LogP contribution is -2.08. The van der Waals surface area contributed by atoms with Crippen molar-refractivity contribution in [3.63, 3.8) is 0 Å². The zero-order valence-electron chi connectivity index (χ0n) is 7.84. The Morgan fingerprint density at radius 3 is 2.86 bits per heavy atom. The van der Waals surface area contributed by atoms with Crippen molar-refractivity contribution in [3.8, 4) is 0 Å². The van der Waals surface area contributed by atoms with Crippen molar-refractivity contribution >= 4 is 16.5 Å². The highest BCUT2D eigenvalue weighted by molar-refractivity contribution is 7.13. The van der Waals surface area contributed by atoms with Gasteiger partial charge in [-0.1, -0.05) is 0 Å². The summed E-state index contributed by atoms with van der Waals surface area (Å²) in [5.41, 5.74) is 1.06. The molecule has 14 heavy (non-hydrogen) atoms. The van der Waals surface area contributed by atoms with Crippen molar-refractivity contribution in [1.29, 1.82) is 0 Å². The van der Waals surface area contributed by atoms with E-state index in [2.05, 4.69) is 20.5 Å². The van der Waals surface area contributed by atoms with E-state index in [1.165, 1.54) is 0 Å². The highest BCUT2D eigenvalue weighted by Crippen LogP contribution is 2.13. The third-order valence-corrected chi connectivity index (χ3v) is 2.65. The molecule has 2 aromatic rings. The van der Waals surface area contributed by atoms with Crippen LogP contribution in [0.3, 0.4) is 0 Å². The van der Waals surface area contributed by atoms with Crippen molar-refractivity contribution in [1.82, 2.24) is 19.7 Å². The van der Waals surface area contributed by atoms with Gasteiger partial charge in [-0.2, -0.15) is 0 Å². The Morgan fingerprint density at radius 2 is 2.21 bits per heavy atom. The van der Waals surface area contributed by atoms with Crippen molar-refractivity contribution in [2.24, 2.45) is 0 Å². The van der Waals surface area contributed by atoms with Crippen LogP contribution in [0.2, 0.25) is 0 Å². The summed E-state index contributed by atoms with van der Waals surface area (Å²) in [7, 11) is 0. The number of aromatic nitrogens is 4. The molecule has 0 unspecified atom stereocenters. The molecule has 0 aliphatic rings. The molecule has 0 bridgehead atoms. The Bertz CT molecular complexity index is 380. The van der Waals surface area contributed by atoms with E-state index in [-0.39, 0.29) is 0 Å². The first-order valence-corrected chi connectivity index (χ1v) is 5.21. The lowest BCUT2D eigenvalue weighted by atomic mass is 10.6. The van der Waals surface area contributed by atoms with Gasteiger partial charge in [-0.25, -0.2) is 4.98 Å². The SMILES string of the molecule is Cc1csc(NCCn2cnnc2)n1. The van der Waals surface area contributed by atoms with Gasteiger partial charge < -0.3 is 9.88 Å². The molecule has 0 saturated carbocycles. The summed E-state index contributed by atoms with van der Waals surface area (Å²) in [6, 6.07) is 0. The summed E-state index contributed by atoms with van der Waals surface area (Å²) >= 11 is 1.62. The van der Waals surface area contributed by atoms with Crippen LogP contribution in [0.1, 0.15) is 5.69 Å². The molecule has 1 N–H and O–H groups in total. The highest BCUT2D eigenvalue weighted by atomic mass is 32.1. The number of hydrogen-bond acceptors (Lipinski definition) is 5. The van der Waals surface area contributed by atoms with Crippen molar-refractivity contribution in [2.75, 3.05) is 11.9 Å². The van der Waals surface area contributed by atoms with Crippen LogP contribution in [0.25, 0.3) is 0 Å². The second-order valence-corrected chi connectivity index (χ2v) is 3.78. The van der Waals surface area contributed by atoms with Gasteiger partial charge in [-0.3, -0.25) is 0 Å². The molecule has 2 heterocycles. The maximum atomic E-state index is 4.30. The number of aryl methyl sites for hydroxylation is 1. The fourth-order valence-corrected chi connectivity index (χ4v) is 1.78. The van der Waals surface area contributed by atoms with Gasteiger partial charge in [0.05, 0.1) is 5.69 Å². The van der Waals surface area contributed by atoms with E-state index in [0.29, 0.717) is 0 Å². The van der Waals surface area contributed by atoms with E-state index in [1.54, 1.807) is 24.0 Å². The Balaban J connectivity index is 1.78. The summed E-state index contributed by atoms with van der Waals surface area (Å²) < 4.78 is 1.92. The Labute approximate surface area is 85.8 Å². The van der Waals surface area contributed by atoms with E-state index >= 15 is 0 Å². The summed E-state index contributed by atoms with van der Waals surface area (Å²) in [6.45, 7) is 3.68. The molecule has 0 fully saturated rings.